The van der Waals surface area contributed by atoms with Crippen LogP contribution in [0.3, 0.4) is 0 Å². The SMILES string of the molecule is BrC1(Br)CC2C(=C3C=CC=CC3C3CCCCC23)C(Br)(Br)C1(Br)Br. The van der Waals surface area contributed by atoms with Crippen LogP contribution in [0.4, 0.5) is 0 Å². The highest BCUT2D eigenvalue weighted by Gasteiger charge is 2.67. The number of alkyl halides is 6. The monoisotopic (exact) mass is 708 g/mol. The van der Waals surface area contributed by atoms with Crippen molar-refractivity contribution in [1.82, 2.24) is 0 Å². The van der Waals surface area contributed by atoms with Crippen molar-refractivity contribution < 1.29 is 0 Å². The van der Waals surface area contributed by atoms with Crippen molar-refractivity contribution in [3.8, 4) is 0 Å². The van der Waals surface area contributed by atoms with Gasteiger partial charge in [-0.1, -0.05) is 133 Å². The molecule has 0 aromatic rings. The predicted octanol–water partition coefficient (Wildman–Crippen LogP) is 8.32. The van der Waals surface area contributed by atoms with Gasteiger partial charge >= 0.3 is 0 Å². The molecule has 0 bridgehead atoms. The molecule has 0 heterocycles. The minimum atomic E-state index is -0.389. The number of fused-ring (bicyclic) bond motifs is 5. The summed E-state index contributed by atoms with van der Waals surface area (Å²) in [6.07, 6.45) is 15.8. The molecule has 0 saturated heterocycles. The minimum Gasteiger partial charge on any atom is -0.0767 e. The molecular weight excluding hydrogens is 696 g/mol. The van der Waals surface area contributed by atoms with Crippen molar-refractivity contribution in [2.24, 2.45) is 23.7 Å². The van der Waals surface area contributed by atoms with Crippen LogP contribution in [0.25, 0.3) is 0 Å². The molecule has 0 N–H and O–H groups in total. The molecule has 6 heteroatoms. The first-order valence-electron chi connectivity index (χ1n) is 8.41. The summed E-state index contributed by atoms with van der Waals surface area (Å²) in [7, 11) is 0. The Morgan fingerprint density at radius 1 is 0.875 bits per heavy atom. The molecule has 0 amide bonds. The molecule has 0 nitrogen and oxygen atoms in total. The quantitative estimate of drug-likeness (QED) is 0.222. The topological polar surface area (TPSA) is 0 Å². The van der Waals surface area contributed by atoms with Crippen molar-refractivity contribution in [2.45, 2.75) is 41.8 Å². The first-order valence-corrected chi connectivity index (χ1v) is 13.2. The second-order valence-electron chi connectivity index (χ2n) is 7.41. The van der Waals surface area contributed by atoms with Crippen LogP contribution in [0.5, 0.6) is 0 Å². The second-order valence-corrected chi connectivity index (χ2v) is 18.1. The molecule has 4 unspecified atom stereocenters. The molecule has 0 radical (unpaired) electrons. The maximum atomic E-state index is 4.06. The van der Waals surface area contributed by atoms with Gasteiger partial charge in [-0.3, -0.25) is 0 Å². The molecule has 4 rings (SSSR count). The molecule has 2 saturated carbocycles. The highest BCUT2D eigenvalue weighted by Crippen LogP contribution is 2.72. The van der Waals surface area contributed by atoms with Gasteiger partial charge in [-0.15, -0.1) is 0 Å². The zero-order valence-corrected chi connectivity index (χ0v) is 22.4. The normalized spacial score (nSPS) is 41.4. The van der Waals surface area contributed by atoms with E-state index < -0.39 is 0 Å². The van der Waals surface area contributed by atoms with Crippen LogP contribution < -0.4 is 0 Å². The van der Waals surface area contributed by atoms with Crippen molar-refractivity contribution in [1.29, 1.82) is 0 Å². The maximum Gasteiger partial charge on any atom is 0.134 e. The Balaban J connectivity index is 1.93. The third-order valence-corrected chi connectivity index (χ3v) is 16.9. The summed E-state index contributed by atoms with van der Waals surface area (Å²) in [6.45, 7) is 0. The van der Waals surface area contributed by atoms with Crippen molar-refractivity contribution >= 4 is 95.6 Å². The zero-order chi connectivity index (χ0) is 17.3. The van der Waals surface area contributed by atoms with Crippen LogP contribution in [0.2, 0.25) is 0 Å². The smallest absolute Gasteiger partial charge is 0.0767 e. The molecule has 0 aromatic carbocycles. The number of rotatable bonds is 0. The number of allylic oxidation sites excluding steroid dienone is 6. The van der Waals surface area contributed by atoms with Crippen molar-refractivity contribution in [2.75, 3.05) is 0 Å². The number of hydrogen-bond donors (Lipinski definition) is 0. The van der Waals surface area contributed by atoms with Gasteiger partial charge in [-0.25, -0.2) is 0 Å². The molecule has 24 heavy (non-hydrogen) atoms. The van der Waals surface area contributed by atoms with Gasteiger partial charge in [0.1, 0.15) is 9.70 Å². The van der Waals surface area contributed by atoms with Crippen molar-refractivity contribution in [3.05, 3.63) is 35.5 Å². The summed E-state index contributed by atoms with van der Waals surface area (Å²) in [5.41, 5.74) is 3.03. The maximum absolute atomic E-state index is 4.06. The summed E-state index contributed by atoms with van der Waals surface area (Å²) in [4.78, 5) is 0. The largest absolute Gasteiger partial charge is 0.134 e. The predicted molar refractivity (Wildman–Crippen MR) is 124 cm³/mol. The first kappa shape index (κ1) is 19.4. The molecule has 4 atom stereocenters. The summed E-state index contributed by atoms with van der Waals surface area (Å²) < 4.78 is -0.994. The average Bonchev–Trinajstić information content (AvgIpc) is 2.53. The number of halogens is 6. The lowest BCUT2D eigenvalue weighted by molar-refractivity contribution is 0.119. The van der Waals surface area contributed by atoms with E-state index in [-0.39, 0.29) is 9.70 Å². The summed E-state index contributed by atoms with van der Waals surface area (Å²) in [5.74, 6) is 2.68. The first-order chi connectivity index (χ1) is 11.2. The van der Waals surface area contributed by atoms with E-state index in [2.05, 4.69) is 120 Å². The molecule has 4 aliphatic carbocycles. The Labute approximate surface area is 194 Å². The third-order valence-electron chi connectivity index (χ3n) is 6.27. The van der Waals surface area contributed by atoms with E-state index in [4.69, 9.17) is 0 Å². The second kappa shape index (κ2) is 6.57. The summed E-state index contributed by atoms with van der Waals surface area (Å²) in [5, 5.41) is 0. The average molecular weight is 714 g/mol. The Morgan fingerprint density at radius 3 is 2.25 bits per heavy atom. The van der Waals surface area contributed by atoms with Gasteiger partial charge in [0, 0.05) is 5.92 Å². The van der Waals surface area contributed by atoms with E-state index in [1.165, 1.54) is 36.8 Å². The standard InChI is InChI=1S/C18H18Br6/c19-16(20)9-14-12-7-2-1-5-10(12)11-6-3-4-8-13(11)15(14)17(21,22)18(16,23)24/h3-4,6,8,10-12,14H,1-2,5,7,9H2. The van der Waals surface area contributed by atoms with E-state index >= 15 is 0 Å². The lowest BCUT2D eigenvalue weighted by Gasteiger charge is -2.59. The van der Waals surface area contributed by atoms with Gasteiger partial charge in [0.25, 0.3) is 0 Å². The van der Waals surface area contributed by atoms with Gasteiger partial charge in [-0.05, 0) is 48.2 Å². The Hall–Kier alpha value is 2.10. The van der Waals surface area contributed by atoms with E-state index in [9.17, 15) is 0 Å². The van der Waals surface area contributed by atoms with Crippen LogP contribution in [-0.2, 0) is 0 Å². The molecule has 2 fully saturated rings. The van der Waals surface area contributed by atoms with Gasteiger partial charge < -0.3 is 0 Å². The van der Waals surface area contributed by atoms with E-state index in [1.807, 2.05) is 0 Å². The zero-order valence-electron chi connectivity index (χ0n) is 12.9. The van der Waals surface area contributed by atoms with E-state index in [0.717, 1.165) is 18.3 Å². The van der Waals surface area contributed by atoms with Crippen LogP contribution in [0.1, 0.15) is 32.1 Å². The summed E-state index contributed by atoms with van der Waals surface area (Å²) >= 11 is 24.0. The highest BCUT2D eigenvalue weighted by molar-refractivity contribution is 9.33. The van der Waals surface area contributed by atoms with Crippen LogP contribution in [-0.4, -0.2) is 9.70 Å². The van der Waals surface area contributed by atoms with Gasteiger partial charge in [0.15, 0.2) is 0 Å². The van der Waals surface area contributed by atoms with E-state index in [1.54, 1.807) is 0 Å². The fourth-order valence-corrected chi connectivity index (χ4v) is 10.1. The Bertz CT molecular complexity index is 642. The van der Waals surface area contributed by atoms with Crippen LogP contribution in [0.15, 0.2) is 35.5 Å². The fraction of sp³-hybridized carbons (Fsp3) is 0.667. The lowest BCUT2D eigenvalue weighted by atomic mass is 9.55. The summed E-state index contributed by atoms with van der Waals surface area (Å²) in [6, 6.07) is 0. The third kappa shape index (κ3) is 2.69. The van der Waals surface area contributed by atoms with Crippen LogP contribution in [0, 0.1) is 23.7 Å². The number of hydrogen-bond acceptors (Lipinski definition) is 0. The molecule has 132 valence electrons. The molecule has 0 aromatic heterocycles. The van der Waals surface area contributed by atoms with E-state index in [0.29, 0.717) is 11.8 Å². The lowest BCUT2D eigenvalue weighted by Crippen LogP contribution is -2.59. The fourth-order valence-electron chi connectivity index (χ4n) is 5.23. The van der Waals surface area contributed by atoms with Gasteiger partial charge in [-0.2, -0.15) is 0 Å². The van der Waals surface area contributed by atoms with Crippen LogP contribution >= 0.6 is 95.6 Å². The molecule has 4 aliphatic rings. The molecular formula is C18H18Br6. The van der Waals surface area contributed by atoms with Crippen molar-refractivity contribution in [3.63, 3.8) is 0 Å². The highest BCUT2D eigenvalue weighted by atomic mass is 79.9. The minimum absolute atomic E-state index is 0.238. The molecule has 0 spiro atoms. The van der Waals surface area contributed by atoms with Gasteiger partial charge in [0.05, 0.1) is 0 Å². The molecule has 0 aliphatic heterocycles. The van der Waals surface area contributed by atoms with Gasteiger partial charge in [0.2, 0.25) is 0 Å². The Kier molecular flexibility index (Phi) is 5.32. The Morgan fingerprint density at radius 2 is 1.54 bits per heavy atom.